The highest BCUT2D eigenvalue weighted by molar-refractivity contribution is 7.18. The molecule has 3 amide bonds. The van der Waals surface area contributed by atoms with E-state index >= 15 is 0 Å². The average molecular weight is 449 g/mol. The van der Waals surface area contributed by atoms with E-state index in [-0.39, 0.29) is 24.6 Å². The Morgan fingerprint density at radius 3 is 2.62 bits per heavy atom. The van der Waals surface area contributed by atoms with Gasteiger partial charge in [-0.05, 0) is 48.9 Å². The Balaban J connectivity index is 1.36. The molecule has 7 heteroatoms. The summed E-state index contributed by atoms with van der Waals surface area (Å²) >= 11 is 1.70. The summed E-state index contributed by atoms with van der Waals surface area (Å²) in [6.07, 6.45) is 2.01. The molecule has 2 aromatic carbocycles. The summed E-state index contributed by atoms with van der Waals surface area (Å²) < 4.78 is 1.17. The van der Waals surface area contributed by atoms with Crippen LogP contribution in [-0.2, 0) is 10.3 Å². The van der Waals surface area contributed by atoms with Gasteiger partial charge < -0.3 is 5.32 Å². The van der Waals surface area contributed by atoms with E-state index in [0.717, 1.165) is 35.5 Å². The molecule has 0 aliphatic carbocycles. The lowest BCUT2D eigenvalue weighted by Crippen LogP contribution is -2.43. The Kier molecular flexibility index (Phi) is 5.26. The van der Waals surface area contributed by atoms with Crippen LogP contribution in [0, 0.1) is 0 Å². The number of hydrogen-bond donors (Lipinski definition) is 1. The molecule has 1 N–H and O–H groups in total. The zero-order chi connectivity index (χ0) is 22.5. The number of imide groups is 1. The third-order valence-electron chi connectivity index (χ3n) is 6.71. The van der Waals surface area contributed by atoms with E-state index in [9.17, 15) is 9.59 Å². The van der Waals surface area contributed by atoms with Crippen LogP contribution in [0.25, 0.3) is 10.2 Å². The number of urea groups is 1. The molecule has 6 nitrogen and oxygen atoms in total. The number of carbonyl (C=O) groups is 2. The first kappa shape index (κ1) is 21.1. The molecule has 2 aliphatic rings. The first-order valence-corrected chi connectivity index (χ1v) is 12.0. The molecular weight excluding hydrogens is 420 g/mol. The molecule has 166 valence electrons. The van der Waals surface area contributed by atoms with Crippen LogP contribution in [0.5, 0.6) is 0 Å². The first-order valence-electron chi connectivity index (χ1n) is 11.2. The van der Waals surface area contributed by atoms with Crippen molar-refractivity contribution in [1.29, 1.82) is 0 Å². The van der Waals surface area contributed by atoms with Crippen molar-refractivity contribution in [2.24, 2.45) is 0 Å². The Morgan fingerprint density at radius 2 is 1.91 bits per heavy atom. The number of benzene rings is 2. The van der Waals surface area contributed by atoms with Crippen molar-refractivity contribution < 1.29 is 9.59 Å². The Hall–Kier alpha value is -2.77. The second kappa shape index (κ2) is 7.98. The highest BCUT2D eigenvalue weighted by Crippen LogP contribution is 2.37. The van der Waals surface area contributed by atoms with E-state index in [0.29, 0.717) is 5.92 Å². The van der Waals surface area contributed by atoms with Gasteiger partial charge in [0.1, 0.15) is 10.5 Å². The van der Waals surface area contributed by atoms with Gasteiger partial charge in [-0.3, -0.25) is 9.69 Å². The summed E-state index contributed by atoms with van der Waals surface area (Å²) in [5.74, 6) is 0.214. The van der Waals surface area contributed by atoms with Crippen LogP contribution >= 0.6 is 11.3 Å². The zero-order valence-electron chi connectivity index (χ0n) is 18.7. The third kappa shape index (κ3) is 3.49. The fraction of sp³-hybridized carbons (Fsp3) is 0.400. The first-order chi connectivity index (χ1) is 15.4. The topological polar surface area (TPSA) is 65.5 Å². The van der Waals surface area contributed by atoms with Crippen molar-refractivity contribution in [2.75, 3.05) is 13.2 Å². The maximum absolute atomic E-state index is 13.4. The largest absolute Gasteiger partial charge is 0.326 e. The number of nitrogens with zero attached hydrogens (tertiary/aromatic N) is 3. The highest BCUT2D eigenvalue weighted by atomic mass is 32.1. The number of carbonyl (C=O) groups excluding carboxylic acids is 2. The molecule has 2 fully saturated rings. The van der Waals surface area contributed by atoms with Crippen molar-refractivity contribution >= 4 is 33.5 Å². The van der Waals surface area contributed by atoms with Crippen LogP contribution < -0.4 is 5.32 Å². The van der Waals surface area contributed by atoms with Gasteiger partial charge in [-0.15, -0.1) is 11.3 Å². The van der Waals surface area contributed by atoms with Crippen molar-refractivity contribution in [1.82, 2.24) is 20.1 Å². The third-order valence-corrected chi connectivity index (χ3v) is 7.85. The molecule has 0 spiro atoms. The normalized spacial score (nSPS) is 24.1. The van der Waals surface area contributed by atoms with Crippen molar-refractivity contribution in [3.05, 3.63) is 64.7 Å². The fourth-order valence-corrected chi connectivity index (χ4v) is 5.85. The predicted molar refractivity (Wildman–Crippen MR) is 126 cm³/mol. The van der Waals surface area contributed by atoms with E-state index < -0.39 is 5.54 Å². The van der Waals surface area contributed by atoms with Crippen molar-refractivity contribution in [3.8, 4) is 0 Å². The van der Waals surface area contributed by atoms with Gasteiger partial charge in [0, 0.05) is 6.54 Å². The van der Waals surface area contributed by atoms with Crippen LogP contribution in [0.15, 0.2) is 48.5 Å². The number of aromatic nitrogens is 1. The lowest BCUT2D eigenvalue weighted by Gasteiger charge is -2.27. The Bertz CT molecular complexity index is 1140. The van der Waals surface area contributed by atoms with Gasteiger partial charge in [-0.2, -0.15) is 0 Å². The molecule has 3 aromatic rings. The van der Waals surface area contributed by atoms with E-state index in [1.54, 1.807) is 18.3 Å². The van der Waals surface area contributed by atoms with Gasteiger partial charge >= 0.3 is 6.03 Å². The maximum atomic E-state index is 13.4. The second-order valence-corrected chi connectivity index (χ2v) is 10.3. The van der Waals surface area contributed by atoms with Gasteiger partial charge in [0.25, 0.3) is 5.91 Å². The second-order valence-electron chi connectivity index (χ2n) is 9.20. The molecule has 5 rings (SSSR count). The van der Waals surface area contributed by atoms with Crippen LogP contribution in [0.1, 0.15) is 61.7 Å². The SMILES string of the molecule is CC(C)c1ccc([C@]2(C)NC(=O)N(CN3CCC[C@@H]3c3nc4ccccc4s3)C2=O)cc1. The molecule has 3 heterocycles. The molecule has 0 radical (unpaired) electrons. The molecule has 2 saturated heterocycles. The van der Waals surface area contributed by atoms with Gasteiger partial charge in [-0.1, -0.05) is 50.2 Å². The lowest BCUT2D eigenvalue weighted by molar-refractivity contribution is -0.132. The highest BCUT2D eigenvalue weighted by Gasteiger charge is 2.50. The zero-order valence-corrected chi connectivity index (χ0v) is 19.5. The fourth-order valence-electron chi connectivity index (χ4n) is 4.71. The summed E-state index contributed by atoms with van der Waals surface area (Å²) in [4.78, 5) is 34.7. The molecule has 0 bridgehead atoms. The molecule has 2 aliphatic heterocycles. The van der Waals surface area contributed by atoms with Gasteiger partial charge in [0.15, 0.2) is 0 Å². The van der Waals surface area contributed by atoms with Crippen LogP contribution in [-0.4, -0.2) is 39.9 Å². The Morgan fingerprint density at radius 1 is 1.16 bits per heavy atom. The van der Waals surface area contributed by atoms with Crippen molar-refractivity contribution in [3.63, 3.8) is 0 Å². The van der Waals surface area contributed by atoms with Gasteiger partial charge in [0.05, 0.1) is 22.9 Å². The van der Waals surface area contributed by atoms with Crippen LogP contribution in [0.3, 0.4) is 0 Å². The minimum atomic E-state index is -1.04. The summed E-state index contributed by atoms with van der Waals surface area (Å²) in [7, 11) is 0. The van der Waals surface area contributed by atoms with Gasteiger partial charge in [-0.25, -0.2) is 14.7 Å². The molecule has 1 aromatic heterocycles. The summed E-state index contributed by atoms with van der Waals surface area (Å²) in [5.41, 5.74) is 1.98. The van der Waals surface area contributed by atoms with Crippen LogP contribution in [0.4, 0.5) is 4.79 Å². The number of para-hydroxylation sites is 1. The molecular formula is C25H28N4O2S. The molecule has 32 heavy (non-hydrogen) atoms. The van der Waals surface area contributed by atoms with E-state index in [4.69, 9.17) is 4.98 Å². The van der Waals surface area contributed by atoms with E-state index in [1.165, 1.54) is 15.2 Å². The number of likely N-dealkylation sites (tertiary alicyclic amines) is 1. The van der Waals surface area contributed by atoms with Gasteiger partial charge in [0.2, 0.25) is 0 Å². The smallest absolute Gasteiger partial charge is 0.319 e. The Labute approximate surface area is 192 Å². The number of thiazole rings is 1. The summed E-state index contributed by atoms with van der Waals surface area (Å²) in [6.45, 7) is 7.20. The number of rotatable bonds is 5. The van der Waals surface area contributed by atoms with Crippen molar-refractivity contribution in [2.45, 2.75) is 51.1 Å². The summed E-state index contributed by atoms with van der Waals surface area (Å²) in [5, 5.41) is 4.00. The van der Waals surface area contributed by atoms with E-state index in [2.05, 4.69) is 30.1 Å². The number of amides is 3. The molecule has 0 saturated carbocycles. The minimum Gasteiger partial charge on any atom is -0.319 e. The van der Waals surface area contributed by atoms with Crippen LogP contribution in [0.2, 0.25) is 0 Å². The number of fused-ring (bicyclic) bond motifs is 1. The lowest BCUT2D eigenvalue weighted by atomic mass is 9.90. The number of hydrogen-bond acceptors (Lipinski definition) is 5. The standard InChI is InChI=1S/C25H28N4O2S/c1-16(2)17-10-12-18(13-11-17)25(3)23(30)29(24(31)27-25)15-28-14-6-8-20(28)22-26-19-7-4-5-9-21(19)32-22/h4-5,7,9-13,16,20H,6,8,14-15H2,1-3H3,(H,27,31)/t20-,25+/m1/s1. The maximum Gasteiger partial charge on any atom is 0.326 e. The van der Waals surface area contributed by atoms with E-state index in [1.807, 2.05) is 42.5 Å². The predicted octanol–water partition coefficient (Wildman–Crippen LogP) is 4.98. The monoisotopic (exact) mass is 448 g/mol. The number of nitrogens with one attached hydrogen (secondary N) is 1. The average Bonchev–Trinajstić information content (AvgIpc) is 3.47. The minimum absolute atomic E-state index is 0.130. The molecule has 0 unspecified atom stereocenters. The molecule has 2 atom stereocenters. The quantitative estimate of drug-likeness (QED) is 0.559. The summed E-state index contributed by atoms with van der Waals surface area (Å²) in [6, 6.07) is 15.9.